The SMILES string of the molecule is O=C(CN1C(=O)c2ccccc2C1=O)Nc1cc(Br)ccc1Br. The largest absolute Gasteiger partial charge is 0.323 e. The molecule has 0 spiro atoms. The Bertz CT molecular complexity index is 801. The first-order valence-corrected chi connectivity index (χ1v) is 8.26. The number of fused-ring (bicyclic) bond motifs is 1. The lowest BCUT2D eigenvalue weighted by Crippen LogP contribution is -2.37. The highest BCUT2D eigenvalue weighted by Gasteiger charge is 2.36. The molecular weight excluding hydrogens is 428 g/mol. The molecule has 3 amide bonds. The van der Waals surface area contributed by atoms with Gasteiger partial charge in [-0.15, -0.1) is 0 Å². The van der Waals surface area contributed by atoms with Gasteiger partial charge in [-0.2, -0.15) is 0 Å². The van der Waals surface area contributed by atoms with Crippen LogP contribution < -0.4 is 5.32 Å². The molecule has 23 heavy (non-hydrogen) atoms. The van der Waals surface area contributed by atoms with Crippen molar-refractivity contribution in [3.05, 3.63) is 62.5 Å². The number of halogens is 2. The first-order chi connectivity index (χ1) is 11.0. The number of carbonyl (C=O) groups is 3. The van der Waals surface area contributed by atoms with Gasteiger partial charge in [0.2, 0.25) is 5.91 Å². The zero-order valence-corrected chi connectivity index (χ0v) is 14.8. The molecule has 5 nitrogen and oxygen atoms in total. The molecule has 3 rings (SSSR count). The van der Waals surface area contributed by atoms with Gasteiger partial charge < -0.3 is 5.32 Å². The molecular formula is C16H10Br2N2O3. The van der Waals surface area contributed by atoms with Crippen molar-refractivity contribution in [2.24, 2.45) is 0 Å². The zero-order valence-electron chi connectivity index (χ0n) is 11.7. The van der Waals surface area contributed by atoms with Gasteiger partial charge in [0.05, 0.1) is 16.8 Å². The summed E-state index contributed by atoms with van der Waals surface area (Å²) in [7, 11) is 0. The molecule has 0 radical (unpaired) electrons. The van der Waals surface area contributed by atoms with Gasteiger partial charge in [-0.1, -0.05) is 28.1 Å². The Balaban J connectivity index is 1.76. The summed E-state index contributed by atoms with van der Waals surface area (Å²) in [6.07, 6.45) is 0. The fourth-order valence-corrected chi connectivity index (χ4v) is 3.02. The van der Waals surface area contributed by atoms with Crippen LogP contribution in [0.5, 0.6) is 0 Å². The summed E-state index contributed by atoms with van der Waals surface area (Å²) in [4.78, 5) is 37.6. The lowest BCUT2D eigenvalue weighted by molar-refractivity contribution is -0.116. The summed E-state index contributed by atoms with van der Waals surface area (Å²) < 4.78 is 1.51. The van der Waals surface area contributed by atoms with Crippen molar-refractivity contribution in [3.8, 4) is 0 Å². The smallest absolute Gasteiger partial charge is 0.262 e. The number of imide groups is 1. The van der Waals surface area contributed by atoms with Crippen molar-refractivity contribution >= 4 is 55.3 Å². The molecule has 0 fully saturated rings. The minimum absolute atomic E-state index is 0.328. The third-order valence-electron chi connectivity index (χ3n) is 3.38. The van der Waals surface area contributed by atoms with Crippen LogP contribution in [0.4, 0.5) is 5.69 Å². The van der Waals surface area contributed by atoms with Crippen LogP contribution in [0.2, 0.25) is 0 Å². The molecule has 0 saturated carbocycles. The minimum atomic E-state index is -0.450. The van der Waals surface area contributed by atoms with Crippen molar-refractivity contribution < 1.29 is 14.4 Å². The van der Waals surface area contributed by atoms with Crippen LogP contribution in [0.3, 0.4) is 0 Å². The molecule has 0 unspecified atom stereocenters. The van der Waals surface area contributed by atoms with E-state index in [4.69, 9.17) is 0 Å². The van der Waals surface area contributed by atoms with E-state index >= 15 is 0 Å². The Morgan fingerprint density at radius 2 is 1.61 bits per heavy atom. The molecule has 0 saturated heterocycles. The molecule has 1 aliphatic rings. The molecule has 2 aromatic carbocycles. The number of benzene rings is 2. The number of nitrogens with one attached hydrogen (secondary N) is 1. The first-order valence-electron chi connectivity index (χ1n) is 6.67. The van der Waals surface area contributed by atoms with E-state index in [9.17, 15) is 14.4 Å². The second kappa shape index (κ2) is 6.25. The topological polar surface area (TPSA) is 66.5 Å². The van der Waals surface area contributed by atoms with Gasteiger partial charge in [-0.05, 0) is 46.3 Å². The highest BCUT2D eigenvalue weighted by atomic mass is 79.9. The lowest BCUT2D eigenvalue weighted by atomic mass is 10.1. The van der Waals surface area contributed by atoms with E-state index in [2.05, 4.69) is 37.2 Å². The minimum Gasteiger partial charge on any atom is -0.323 e. The van der Waals surface area contributed by atoms with Gasteiger partial charge in [-0.3, -0.25) is 19.3 Å². The lowest BCUT2D eigenvalue weighted by Gasteiger charge is -2.14. The van der Waals surface area contributed by atoms with Crippen LogP contribution >= 0.6 is 31.9 Å². The molecule has 2 aromatic rings. The van der Waals surface area contributed by atoms with E-state index in [-0.39, 0.29) is 6.54 Å². The fourth-order valence-electron chi connectivity index (χ4n) is 2.31. The van der Waals surface area contributed by atoms with E-state index in [1.54, 1.807) is 36.4 Å². The highest BCUT2D eigenvalue weighted by molar-refractivity contribution is 9.11. The van der Waals surface area contributed by atoms with Crippen molar-refractivity contribution in [1.82, 2.24) is 4.90 Å². The number of nitrogens with zero attached hydrogens (tertiary/aromatic N) is 1. The first kappa shape index (κ1) is 15.9. The zero-order chi connectivity index (χ0) is 16.6. The molecule has 1 aliphatic heterocycles. The monoisotopic (exact) mass is 436 g/mol. The van der Waals surface area contributed by atoms with E-state index in [1.807, 2.05) is 6.07 Å². The van der Waals surface area contributed by atoms with Crippen LogP contribution in [-0.4, -0.2) is 29.2 Å². The second-order valence-corrected chi connectivity index (χ2v) is 6.68. The second-order valence-electron chi connectivity index (χ2n) is 4.91. The van der Waals surface area contributed by atoms with Crippen LogP contribution in [0.1, 0.15) is 20.7 Å². The maximum Gasteiger partial charge on any atom is 0.262 e. The van der Waals surface area contributed by atoms with Gasteiger partial charge in [0.1, 0.15) is 6.54 Å². The molecule has 0 bridgehead atoms. The molecule has 0 aliphatic carbocycles. The van der Waals surface area contributed by atoms with Gasteiger partial charge in [0.25, 0.3) is 11.8 Å². The predicted molar refractivity (Wildman–Crippen MR) is 92.3 cm³/mol. The fraction of sp³-hybridized carbons (Fsp3) is 0.0625. The number of amides is 3. The summed E-state index contributed by atoms with van der Waals surface area (Å²) >= 11 is 6.66. The number of rotatable bonds is 3. The third kappa shape index (κ3) is 3.07. The number of anilines is 1. The average Bonchev–Trinajstić information content (AvgIpc) is 2.76. The quantitative estimate of drug-likeness (QED) is 0.748. The van der Waals surface area contributed by atoms with E-state index in [0.717, 1.165) is 9.37 Å². The summed E-state index contributed by atoms with van der Waals surface area (Å²) in [5.41, 5.74) is 1.21. The molecule has 0 atom stereocenters. The third-order valence-corrected chi connectivity index (χ3v) is 4.57. The van der Waals surface area contributed by atoms with Gasteiger partial charge in [0, 0.05) is 8.95 Å². The predicted octanol–water partition coefficient (Wildman–Crippen LogP) is 3.45. The summed E-state index contributed by atoms with van der Waals surface area (Å²) in [6.45, 7) is -0.328. The molecule has 1 N–H and O–H groups in total. The molecule has 1 heterocycles. The van der Waals surface area contributed by atoms with E-state index in [1.165, 1.54) is 0 Å². The van der Waals surface area contributed by atoms with Crippen LogP contribution in [-0.2, 0) is 4.79 Å². The Hall–Kier alpha value is -1.99. The van der Waals surface area contributed by atoms with Crippen LogP contribution in [0.15, 0.2) is 51.4 Å². The van der Waals surface area contributed by atoms with Crippen molar-refractivity contribution in [1.29, 1.82) is 0 Å². The number of hydrogen-bond donors (Lipinski definition) is 1. The Labute approximate surface area is 148 Å². The summed E-state index contributed by atoms with van der Waals surface area (Å²) in [5.74, 6) is -1.35. The Morgan fingerprint density at radius 1 is 1.00 bits per heavy atom. The van der Waals surface area contributed by atoms with Gasteiger partial charge >= 0.3 is 0 Å². The number of hydrogen-bond acceptors (Lipinski definition) is 3. The summed E-state index contributed by atoms with van der Waals surface area (Å²) in [6, 6.07) is 11.9. The Morgan fingerprint density at radius 3 is 2.22 bits per heavy atom. The molecule has 116 valence electrons. The average molecular weight is 438 g/mol. The standard InChI is InChI=1S/C16H10Br2N2O3/c17-9-5-6-12(18)13(7-9)19-14(21)8-20-15(22)10-3-1-2-4-11(10)16(20)23/h1-7H,8H2,(H,19,21). The van der Waals surface area contributed by atoms with Crippen LogP contribution in [0, 0.1) is 0 Å². The normalized spacial score (nSPS) is 13.2. The number of carbonyl (C=O) groups excluding carboxylic acids is 3. The highest BCUT2D eigenvalue weighted by Crippen LogP contribution is 2.27. The van der Waals surface area contributed by atoms with E-state index in [0.29, 0.717) is 21.3 Å². The van der Waals surface area contributed by atoms with Crippen LogP contribution in [0.25, 0.3) is 0 Å². The van der Waals surface area contributed by atoms with Crippen molar-refractivity contribution in [3.63, 3.8) is 0 Å². The summed E-state index contributed by atoms with van der Waals surface area (Å²) in [5, 5.41) is 2.68. The van der Waals surface area contributed by atoms with Crippen molar-refractivity contribution in [2.45, 2.75) is 0 Å². The maximum atomic E-state index is 12.2. The maximum absolute atomic E-state index is 12.2. The Kier molecular flexibility index (Phi) is 4.32. The van der Waals surface area contributed by atoms with Gasteiger partial charge in [-0.25, -0.2) is 0 Å². The van der Waals surface area contributed by atoms with E-state index < -0.39 is 17.7 Å². The van der Waals surface area contributed by atoms with Gasteiger partial charge in [0.15, 0.2) is 0 Å². The van der Waals surface area contributed by atoms with Crippen molar-refractivity contribution in [2.75, 3.05) is 11.9 Å². The molecule has 7 heteroatoms. The molecule has 0 aromatic heterocycles.